The molecule has 14 heavy (non-hydrogen) atoms. The van der Waals surface area contributed by atoms with E-state index in [0.717, 1.165) is 23.8 Å². The van der Waals surface area contributed by atoms with Gasteiger partial charge in [0.25, 0.3) is 0 Å². The van der Waals surface area contributed by atoms with Crippen LogP contribution in [0.3, 0.4) is 0 Å². The fraction of sp³-hybridized carbons (Fsp3) is 0.667. The maximum absolute atomic E-state index is 5.75. The molecule has 0 aromatic carbocycles. The second-order valence-corrected chi connectivity index (χ2v) is 4.27. The molecule has 1 heterocycles. The molecule has 5 heteroatoms. The minimum absolute atomic E-state index is 0.0553. The van der Waals surface area contributed by atoms with E-state index in [9.17, 15) is 0 Å². The fourth-order valence-electron chi connectivity index (χ4n) is 1.15. The Morgan fingerprint density at radius 2 is 2.50 bits per heavy atom. The molecule has 1 unspecified atom stereocenters. The molecule has 4 nitrogen and oxygen atoms in total. The molecule has 0 radical (unpaired) electrons. The van der Waals surface area contributed by atoms with E-state index in [2.05, 4.69) is 15.7 Å². The molecular formula is C9H17N3OS. The molecule has 0 bridgehead atoms. The number of ether oxygens (including phenoxy) is 1. The van der Waals surface area contributed by atoms with Gasteiger partial charge in [-0.3, -0.25) is 0 Å². The molecule has 0 spiro atoms. The van der Waals surface area contributed by atoms with Gasteiger partial charge < -0.3 is 15.8 Å². The highest BCUT2D eigenvalue weighted by Gasteiger charge is 2.02. The topological polar surface area (TPSA) is 60.2 Å². The number of aryl methyl sites for hydroxylation is 1. The summed E-state index contributed by atoms with van der Waals surface area (Å²) in [5, 5.41) is 6.40. The fourth-order valence-corrected chi connectivity index (χ4v) is 1.76. The Kier molecular flexibility index (Phi) is 5.03. The third-order valence-electron chi connectivity index (χ3n) is 1.76. The number of nitrogens with two attached hydrogens (primary N) is 1. The molecule has 80 valence electrons. The minimum Gasteiger partial charge on any atom is -0.383 e. The van der Waals surface area contributed by atoms with Gasteiger partial charge in [0.05, 0.1) is 17.3 Å². The Bertz CT molecular complexity index is 264. The Labute approximate surface area is 88.5 Å². The van der Waals surface area contributed by atoms with Crippen LogP contribution in [0.5, 0.6) is 0 Å². The maximum Gasteiger partial charge on any atom is 0.0897 e. The molecule has 0 aliphatic rings. The lowest BCUT2D eigenvalue weighted by Crippen LogP contribution is -2.37. The van der Waals surface area contributed by atoms with E-state index in [0.29, 0.717) is 6.61 Å². The van der Waals surface area contributed by atoms with Gasteiger partial charge >= 0.3 is 0 Å². The van der Waals surface area contributed by atoms with Gasteiger partial charge in [0.15, 0.2) is 0 Å². The van der Waals surface area contributed by atoms with Crippen LogP contribution >= 0.6 is 11.3 Å². The molecule has 1 rings (SSSR count). The van der Waals surface area contributed by atoms with Gasteiger partial charge in [0.1, 0.15) is 0 Å². The standard InChI is InChI=1S/C9H17N3OS/c1-7-12-9(6-14-7)4-11-3-8(10)5-13-2/h6,8,11H,3-5,10H2,1-2H3. The molecular weight excluding hydrogens is 198 g/mol. The van der Waals surface area contributed by atoms with E-state index < -0.39 is 0 Å². The zero-order valence-corrected chi connectivity index (χ0v) is 9.43. The highest BCUT2D eigenvalue weighted by Crippen LogP contribution is 2.06. The third-order valence-corrected chi connectivity index (χ3v) is 2.58. The number of hydrogen-bond donors (Lipinski definition) is 2. The van der Waals surface area contributed by atoms with Crippen LogP contribution in [0.15, 0.2) is 5.38 Å². The number of nitrogens with one attached hydrogen (secondary N) is 1. The van der Waals surface area contributed by atoms with Crippen molar-refractivity contribution < 1.29 is 4.74 Å². The summed E-state index contributed by atoms with van der Waals surface area (Å²) in [6.45, 7) is 4.13. The highest BCUT2D eigenvalue weighted by molar-refractivity contribution is 7.09. The minimum atomic E-state index is 0.0553. The lowest BCUT2D eigenvalue weighted by Gasteiger charge is -2.10. The van der Waals surface area contributed by atoms with Crippen molar-refractivity contribution in [2.24, 2.45) is 5.73 Å². The zero-order valence-electron chi connectivity index (χ0n) is 8.62. The summed E-state index contributed by atoms with van der Waals surface area (Å²) in [6.07, 6.45) is 0. The summed E-state index contributed by atoms with van der Waals surface area (Å²) in [5.41, 5.74) is 6.83. The first kappa shape index (κ1) is 11.6. The molecule has 0 fully saturated rings. The van der Waals surface area contributed by atoms with Gasteiger partial charge in [-0.05, 0) is 6.92 Å². The van der Waals surface area contributed by atoms with Crippen LogP contribution in [0.1, 0.15) is 10.7 Å². The van der Waals surface area contributed by atoms with Crippen molar-refractivity contribution in [1.82, 2.24) is 10.3 Å². The van der Waals surface area contributed by atoms with Crippen molar-refractivity contribution in [3.05, 3.63) is 16.1 Å². The van der Waals surface area contributed by atoms with E-state index in [1.807, 2.05) is 6.92 Å². The third kappa shape index (κ3) is 4.15. The molecule has 1 aromatic heterocycles. The van der Waals surface area contributed by atoms with Gasteiger partial charge in [-0.25, -0.2) is 4.98 Å². The van der Waals surface area contributed by atoms with Gasteiger partial charge in [0, 0.05) is 31.6 Å². The quantitative estimate of drug-likeness (QED) is 0.726. The zero-order chi connectivity index (χ0) is 10.4. The number of aromatic nitrogens is 1. The van der Waals surface area contributed by atoms with Crippen LogP contribution < -0.4 is 11.1 Å². The Morgan fingerprint density at radius 3 is 3.07 bits per heavy atom. The van der Waals surface area contributed by atoms with Crippen molar-refractivity contribution in [3.63, 3.8) is 0 Å². The molecule has 1 aromatic rings. The van der Waals surface area contributed by atoms with Crippen molar-refractivity contribution in [3.8, 4) is 0 Å². The van der Waals surface area contributed by atoms with Gasteiger partial charge in [-0.1, -0.05) is 0 Å². The summed E-state index contributed by atoms with van der Waals surface area (Å²) < 4.78 is 4.93. The van der Waals surface area contributed by atoms with E-state index in [1.165, 1.54) is 0 Å². The first-order valence-corrected chi connectivity index (χ1v) is 5.46. The summed E-state index contributed by atoms with van der Waals surface area (Å²) in [5.74, 6) is 0. The van der Waals surface area contributed by atoms with Crippen LogP contribution in [0, 0.1) is 6.92 Å². The second-order valence-electron chi connectivity index (χ2n) is 3.20. The average molecular weight is 215 g/mol. The predicted octanol–water partition coefficient (Wildman–Crippen LogP) is 0.515. The normalized spacial score (nSPS) is 13.1. The van der Waals surface area contributed by atoms with Gasteiger partial charge in [-0.2, -0.15) is 0 Å². The number of methoxy groups -OCH3 is 1. The Morgan fingerprint density at radius 1 is 1.71 bits per heavy atom. The van der Waals surface area contributed by atoms with Crippen molar-refractivity contribution >= 4 is 11.3 Å². The van der Waals surface area contributed by atoms with Crippen LogP contribution in [0.25, 0.3) is 0 Å². The van der Waals surface area contributed by atoms with Crippen molar-refractivity contribution in [2.45, 2.75) is 19.5 Å². The van der Waals surface area contributed by atoms with Crippen molar-refractivity contribution in [2.75, 3.05) is 20.3 Å². The molecule has 3 N–H and O–H groups in total. The van der Waals surface area contributed by atoms with Crippen LogP contribution in [0.2, 0.25) is 0 Å². The average Bonchev–Trinajstić information content (AvgIpc) is 2.52. The van der Waals surface area contributed by atoms with Crippen molar-refractivity contribution in [1.29, 1.82) is 0 Å². The lowest BCUT2D eigenvalue weighted by molar-refractivity contribution is 0.179. The second kappa shape index (κ2) is 6.08. The SMILES string of the molecule is COCC(N)CNCc1csc(C)n1. The van der Waals surface area contributed by atoms with E-state index in [4.69, 9.17) is 10.5 Å². The maximum atomic E-state index is 5.75. The molecule has 1 atom stereocenters. The number of nitrogens with zero attached hydrogens (tertiary/aromatic N) is 1. The monoisotopic (exact) mass is 215 g/mol. The van der Waals surface area contributed by atoms with E-state index in [-0.39, 0.29) is 6.04 Å². The summed E-state index contributed by atoms with van der Waals surface area (Å²) in [6, 6.07) is 0.0553. The first-order chi connectivity index (χ1) is 6.72. The summed E-state index contributed by atoms with van der Waals surface area (Å²) in [4.78, 5) is 4.34. The molecule has 0 aliphatic heterocycles. The van der Waals surface area contributed by atoms with Crippen LogP contribution in [0.4, 0.5) is 0 Å². The highest BCUT2D eigenvalue weighted by atomic mass is 32.1. The lowest BCUT2D eigenvalue weighted by atomic mass is 10.3. The molecule has 0 aliphatic carbocycles. The van der Waals surface area contributed by atoms with Crippen LogP contribution in [-0.4, -0.2) is 31.3 Å². The molecule has 0 amide bonds. The first-order valence-electron chi connectivity index (χ1n) is 4.58. The van der Waals surface area contributed by atoms with Gasteiger partial charge in [-0.15, -0.1) is 11.3 Å². The van der Waals surface area contributed by atoms with E-state index in [1.54, 1.807) is 18.4 Å². The smallest absolute Gasteiger partial charge is 0.0897 e. The Hall–Kier alpha value is -0.490. The largest absolute Gasteiger partial charge is 0.383 e. The molecule has 0 saturated carbocycles. The van der Waals surface area contributed by atoms with Crippen LogP contribution in [-0.2, 0) is 11.3 Å². The van der Waals surface area contributed by atoms with Gasteiger partial charge in [0.2, 0.25) is 0 Å². The summed E-state index contributed by atoms with van der Waals surface area (Å²) >= 11 is 1.67. The molecule has 0 saturated heterocycles. The Balaban J connectivity index is 2.15. The van der Waals surface area contributed by atoms with E-state index >= 15 is 0 Å². The number of hydrogen-bond acceptors (Lipinski definition) is 5. The summed E-state index contributed by atoms with van der Waals surface area (Å²) in [7, 11) is 1.66. The number of thiazole rings is 1. The number of rotatable bonds is 6. The predicted molar refractivity (Wildman–Crippen MR) is 58.4 cm³/mol.